The lowest BCUT2D eigenvalue weighted by Crippen LogP contribution is -2.14. The van der Waals surface area contributed by atoms with Crippen molar-refractivity contribution in [3.05, 3.63) is 43.9 Å². The van der Waals surface area contributed by atoms with Gasteiger partial charge in [-0.2, -0.15) is 0 Å². The highest BCUT2D eigenvalue weighted by molar-refractivity contribution is 9.11. The maximum absolute atomic E-state index is 12.2. The third kappa shape index (κ3) is 2.97. The van der Waals surface area contributed by atoms with Crippen LogP contribution in [0.15, 0.2) is 33.1 Å². The van der Waals surface area contributed by atoms with E-state index in [0.717, 1.165) is 11.3 Å². The minimum atomic E-state index is -3.91. The molecule has 1 aromatic heterocycles. The largest absolute Gasteiger partial charge is 0.273 e. The molecule has 20 heavy (non-hydrogen) atoms. The maximum Gasteiger partial charge on any atom is 0.273 e. The average molecular weight is 378 g/mol. The van der Waals surface area contributed by atoms with E-state index in [2.05, 4.69) is 25.6 Å². The van der Waals surface area contributed by atoms with Crippen molar-refractivity contribution in [2.45, 2.75) is 11.8 Å². The van der Waals surface area contributed by atoms with Crippen LogP contribution >= 0.6 is 27.3 Å². The first kappa shape index (κ1) is 14.9. The Morgan fingerprint density at radius 2 is 2.15 bits per heavy atom. The number of aromatic nitrogens is 1. The molecule has 2 aromatic rings. The van der Waals surface area contributed by atoms with Gasteiger partial charge in [0.1, 0.15) is 0 Å². The van der Waals surface area contributed by atoms with Crippen LogP contribution in [0.25, 0.3) is 0 Å². The van der Waals surface area contributed by atoms with E-state index in [1.807, 2.05) is 0 Å². The Labute approximate surface area is 127 Å². The lowest BCUT2D eigenvalue weighted by atomic mass is 10.2. The number of nitrogens with zero attached hydrogens (tertiary/aromatic N) is 2. The number of hydrogen-bond donors (Lipinski definition) is 1. The number of anilines is 1. The number of rotatable bonds is 4. The first-order valence-electron chi connectivity index (χ1n) is 5.19. The molecule has 0 aliphatic rings. The van der Waals surface area contributed by atoms with Gasteiger partial charge in [-0.25, -0.2) is 13.4 Å². The summed E-state index contributed by atoms with van der Waals surface area (Å²) in [5.74, 6) is 0. The zero-order valence-corrected chi connectivity index (χ0v) is 13.3. The molecule has 0 radical (unpaired) electrons. The van der Waals surface area contributed by atoms with E-state index in [1.54, 1.807) is 0 Å². The van der Waals surface area contributed by atoms with Crippen LogP contribution in [0.5, 0.6) is 0 Å². The van der Waals surface area contributed by atoms with Crippen LogP contribution in [0, 0.1) is 17.0 Å². The van der Waals surface area contributed by atoms with Gasteiger partial charge in [0.25, 0.3) is 15.7 Å². The monoisotopic (exact) mass is 377 g/mol. The molecule has 1 aromatic carbocycles. The molecule has 0 aliphatic carbocycles. The minimum absolute atomic E-state index is 0.0839. The number of nitro benzene ring substituents is 1. The third-order valence-electron chi connectivity index (χ3n) is 2.44. The van der Waals surface area contributed by atoms with Gasteiger partial charge in [-0.1, -0.05) is 17.4 Å². The summed E-state index contributed by atoms with van der Waals surface area (Å²) in [5, 5.41) is 11.0. The molecule has 7 nitrogen and oxygen atoms in total. The number of nitro groups is 1. The highest BCUT2D eigenvalue weighted by Crippen LogP contribution is 2.29. The zero-order chi connectivity index (χ0) is 14.9. The molecule has 0 saturated heterocycles. The van der Waals surface area contributed by atoms with Crippen molar-refractivity contribution in [1.29, 1.82) is 0 Å². The number of nitrogens with one attached hydrogen (secondary N) is 1. The van der Waals surface area contributed by atoms with Crippen LogP contribution in [0.2, 0.25) is 0 Å². The lowest BCUT2D eigenvalue weighted by Gasteiger charge is -2.08. The Morgan fingerprint density at radius 1 is 1.45 bits per heavy atom. The Hall–Kier alpha value is -1.52. The molecule has 0 spiro atoms. The minimum Gasteiger partial charge on any atom is -0.258 e. The van der Waals surface area contributed by atoms with Crippen molar-refractivity contribution < 1.29 is 13.3 Å². The van der Waals surface area contributed by atoms with E-state index in [-0.39, 0.29) is 21.3 Å². The van der Waals surface area contributed by atoms with Crippen LogP contribution in [-0.2, 0) is 10.0 Å². The summed E-state index contributed by atoms with van der Waals surface area (Å²) in [4.78, 5) is 13.9. The van der Waals surface area contributed by atoms with Gasteiger partial charge >= 0.3 is 0 Å². The molecule has 1 N–H and O–H groups in total. The van der Waals surface area contributed by atoms with Gasteiger partial charge in [0.05, 0.1) is 19.8 Å². The van der Waals surface area contributed by atoms with E-state index >= 15 is 0 Å². The molecule has 0 bridgehead atoms. The third-order valence-corrected chi connectivity index (χ3v) is 5.45. The topological polar surface area (TPSA) is 102 Å². The molecule has 0 aliphatic heterocycles. The second kappa shape index (κ2) is 5.46. The van der Waals surface area contributed by atoms with E-state index in [9.17, 15) is 18.5 Å². The number of sulfonamides is 1. The standard InChI is InChI=1S/C10H8BrN3O4S2/c1-6-7(14(15)16)3-2-4-8(6)20(17,18)13-10-12-5-9(11)19-10/h2-5H,1H3,(H,12,13). The van der Waals surface area contributed by atoms with Crippen molar-refractivity contribution in [1.82, 2.24) is 4.98 Å². The van der Waals surface area contributed by atoms with E-state index in [1.165, 1.54) is 31.3 Å². The zero-order valence-electron chi connectivity index (χ0n) is 10.0. The van der Waals surface area contributed by atoms with E-state index in [4.69, 9.17) is 0 Å². The average Bonchev–Trinajstić information content (AvgIpc) is 2.73. The molecular weight excluding hydrogens is 370 g/mol. The summed E-state index contributed by atoms with van der Waals surface area (Å²) in [6.45, 7) is 1.39. The summed E-state index contributed by atoms with van der Waals surface area (Å²) in [6, 6.07) is 3.90. The molecule has 10 heteroatoms. The molecule has 0 saturated carbocycles. The van der Waals surface area contributed by atoms with Crippen LogP contribution in [0.3, 0.4) is 0 Å². The normalized spacial score (nSPS) is 11.3. The Kier molecular flexibility index (Phi) is 4.06. The molecule has 2 rings (SSSR count). The van der Waals surface area contributed by atoms with Crippen LogP contribution in [-0.4, -0.2) is 18.3 Å². The number of benzene rings is 1. The summed E-state index contributed by atoms with van der Waals surface area (Å²) in [7, 11) is -3.91. The van der Waals surface area contributed by atoms with Crippen molar-refractivity contribution in [2.24, 2.45) is 0 Å². The maximum atomic E-state index is 12.2. The first-order valence-corrected chi connectivity index (χ1v) is 8.28. The predicted octanol–water partition coefficient (Wildman–Crippen LogP) is 2.92. The fourth-order valence-electron chi connectivity index (χ4n) is 1.56. The van der Waals surface area contributed by atoms with Crippen LogP contribution in [0.4, 0.5) is 10.8 Å². The van der Waals surface area contributed by atoms with Crippen molar-refractivity contribution in [2.75, 3.05) is 4.72 Å². The fourth-order valence-corrected chi connectivity index (χ4v) is 4.17. The molecular formula is C10H8BrN3O4S2. The van der Waals surface area contributed by atoms with Crippen molar-refractivity contribution in [3.63, 3.8) is 0 Å². The molecule has 0 fully saturated rings. The van der Waals surface area contributed by atoms with Crippen LogP contribution in [0.1, 0.15) is 5.56 Å². The van der Waals surface area contributed by atoms with Gasteiger partial charge < -0.3 is 0 Å². The molecule has 0 amide bonds. The van der Waals surface area contributed by atoms with E-state index in [0.29, 0.717) is 3.79 Å². The van der Waals surface area contributed by atoms with Gasteiger partial charge in [0.2, 0.25) is 0 Å². The van der Waals surface area contributed by atoms with Gasteiger partial charge in [0.15, 0.2) is 5.13 Å². The summed E-state index contributed by atoms with van der Waals surface area (Å²) in [5.41, 5.74) is -0.159. The summed E-state index contributed by atoms with van der Waals surface area (Å²) >= 11 is 4.28. The highest BCUT2D eigenvalue weighted by Gasteiger charge is 2.23. The molecule has 0 unspecified atom stereocenters. The summed E-state index contributed by atoms with van der Waals surface area (Å²) < 4.78 is 27.4. The number of hydrogen-bond acceptors (Lipinski definition) is 6. The fraction of sp³-hybridized carbons (Fsp3) is 0.100. The highest BCUT2D eigenvalue weighted by atomic mass is 79.9. The molecule has 1 heterocycles. The van der Waals surface area contributed by atoms with Crippen molar-refractivity contribution in [3.8, 4) is 0 Å². The number of halogens is 1. The smallest absolute Gasteiger partial charge is 0.258 e. The predicted molar refractivity (Wildman–Crippen MR) is 78.5 cm³/mol. The van der Waals surface area contributed by atoms with Gasteiger partial charge in [-0.15, -0.1) is 0 Å². The Balaban J connectivity index is 2.44. The second-order valence-corrected chi connectivity index (χ2v) is 7.79. The molecule has 0 atom stereocenters. The lowest BCUT2D eigenvalue weighted by molar-refractivity contribution is -0.385. The van der Waals surface area contributed by atoms with Crippen molar-refractivity contribution >= 4 is 48.1 Å². The van der Waals surface area contributed by atoms with Gasteiger partial charge in [-0.05, 0) is 28.9 Å². The van der Waals surface area contributed by atoms with Crippen LogP contribution < -0.4 is 4.72 Å². The molecule has 106 valence electrons. The quantitative estimate of drug-likeness (QED) is 0.651. The number of thiazole rings is 1. The second-order valence-electron chi connectivity index (χ2n) is 3.73. The van der Waals surface area contributed by atoms with Gasteiger partial charge in [-0.3, -0.25) is 14.8 Å². The first-order chi connectivity index (χ1) is 9.31. The Morgan fingerprint density at radius 3 is 2.70 bits per heavy atom. The Bertz CT molecular complexity index is 773. The summed E-state index contributed by atoms with van der Waals surface area (Å²) in [6.07, 6.45) is 1.46. The SMILES string of the molecule is Cc1c([N+](=O)[O-])cccc1S(=O)(=O)Nc1ncc(Br)s1. The van der Waals surface area contributed by atoms with E-state index < -0.39 is 14.9 Å². The van der Waals surface area contributed by atoms with Gasteiger partial charge in [0, 0.05) is 11.6 Å².